The Kier molecular flexibility index (Phi) is 4.62. The zero-order chi connectivity index (χ0) is 14.1. The number of nitrogens with one attached hydrogen (secondary N) is 1. The van der Waals surface area contributed by atoms with Crippen molar-refractivity contribution in [3.8, 4) is 0 Å². The normalized spacial score (nSPS) is 34.6. The molecule has 2 N–H and O–H groups in total. The molecule has 0 saturated heterocycles. The molecule has 2 heteroatoms. The highest BCUT2D eigenvalue weighted by molar-refractivity contribution is 4.93. The van der Waals surface area contributed by atoms with E-state index in [0.29, 0.717) is 35.3 Å². The smallest absolute Gasteiger partial charge is 0.0462 e. The molecule has 0 aromatic heterocycles. The van der Waals surface area contributed by atoms with Gasteiger partial charge >= 0.3 is 0 Å². The van der Waals surface area contributed by atoms with E-state index in [1.807, 2.05) is 0 Å². The van der Waals surface area contributed by atoms with Gasteiger partial charge in [0.2, 0.25) is 0 Å². The zero-order valence-corrected chi connectivity index (χ0v) is 13.3. The van der Waals surface area contributed by atoms with Crippen molar-refractivity contribution in [2.24, 2.45) is 22.7 Å². The lowest BCUT2D eigenvalue weighted by atomic mass is 9.63. The fraction of sp³-hybridized carbons (Fsp3) is 1.00. The van der Waals surface area contributed by atoms with Crippen molar-refractivity contribution in [2.75, 3.05) is 13.2 Å². The van der Waals surface area contributed by atoms with Gasteiger partial charge < -0.3 is 10.4 Å². The van der Waals surface area contributed by atoms with Gasteiger partial charge in [0.05, 0.1) is 0 Å². The molecule has 2 rings (SSSR count). The van der Waals surface area contributed by atoms with Crippen molar-refractivity contribution in [2.45, 2.75) is 72.3 Å². The van der Waals surface area contributed by atoms with Gasteiger partial charge in [-0.15, -0.1) is 0 Å². The van der Waals surface area contributed by atoms with E-state index in [1.54, 1.807) is 0 Å². The lowest BCUT2D eigenvalue weighted by Gasteiger charge is -2.45. The Morgan fingerprint density at radius 1 is 1.00 bits per heavy atom. The second-order valence-corrected chi connectivity index (χ2v) is 8.65. The van der Waals surface area contributed by atoms with Gasteiger partial charge in [-0.3, -0.25) is 0 Å². The van der Waals surface area contributed by atoms with Crippen LogP contribution >= 0.6 is 0 Å². The van der Waals surface area contributed by atoms with Crippen LogP contribution in [0.25, 0.3) is 0 Å². The molecule has 2 atom stereocenters. The Morgan fingerprint density at radius 3 is 2.16 bits per heavy atom. The predicted molar refractivity (Wildman–Crippen MR) is 81.1 cm³/mol. The van der Waals surface area contributed by atoms with Crippen molar-refractivity contribution < 1.29 is 5.11 Å². The van der Waals surface area contributed by atoms with Crippen molar-refractivity contribution >= 4 is 0 Å². The van der Waals surface area contributed by atoms with Gasteiger partial charge in [0.1, 0.15) is 0 Å². The van der Waals surface area contributed by atoms with Gasteiger partial charge in [0, 0.05) is 12.6 Å². The third-order valence-corrected chi connectivity index (χ3v) is 5.27. The van der Waals surface area contributed by atoms with Crippen LogP contribution in [0.2, 0.25) is 0 Å². The maximum Gasteiger partial charge on any atom is 0.0462 e. The van der Waals surface area contributed by atoms with Gasteiger partial charge in [-0.2, -0.15) is 0 Å². The third-order valence-electron chi connectivity index (χ3n) is 5.27. The molecule has 0 amide bonds. The summed E-state index contributed by atoms with van der Waals surface area (Å²) in [5.74, 6) is 1.26. The number of aliphatic hydroxyl groups is 1. The minimum atomic E-state index is 0.383. The number of rotatable bonds is 4. The van der Waals surface area contributed by atoms with E-state index in [4.69, 9.17) is 0 Å². The van der Waals surface area contributed by atoms with Gasteiger partial charge in [0.15, 0.2) is 0 Å². The van der Waals surface area contributed by atoms with Crippen molar-refractivity contribution in [3.05, 3.63) is 0 Å². The Labute approximate surface area is 119 Å². The molecular weight excluding hydrogens is 234 g/mol. The largest absolute Gasteiger partial charge is 0.396 e. The van der Waals surface area contributed by atoms with E-state index < -0.39 is 0 Å². The van der Waals surface area contributed by atoms with Crippen LogP contribution < -0.4 is 5.32 Å². The average Bonchev–Trinajstić information content (AvgIpc) is 2.69. The summed E-state index contributed by atoms with van der Waals surface area (Å²) in [6.07, 6.45) is 7.77. The molecule has 0 aromatic rings. The number of aliphatic hydroxyl groups excluding tert-OH is 1. The maximum atomic E-state index is 9.41. The van der Waals surface area contributed by atoms with E-state index in [-0.39, 0.29) is 0 Å². The van der Waals surface area contributed by atoms with Crippen molar-refractivity contribution in [1.82, 2.24) is 5.32 Å². The summed E-state index contributed by atoms with van der Waals surface area (Å²) >= 11 is 0. The summed E-state index contributed by atoms with van der Waals surface area (Å²) in [7, 11) is 0. The van der Waals surface area contributed by atoms with Crippen LogP contribution in [0.3, 0.4) is 0 Å². The quantitative estimate of drug-likeness (QED) is 0.816. The molecule has 0 aliphatic heterocycles. The summed E-state index contributed by atoms with van der Waals surface area (Å²) in [5.41, 5.74) is 0.928. The molecule has 0 heterocycles. The molecule has 0 radical (unpaired) electrons. The topological polar surface area (TPSA) is 32.3 Å². The maximum absolute atomic E-state index is 9.41. The van der Waals surface area contributed by atoms with Crippen LogP contribution in [0.1, 0.15) is 66.2 Å². The molecule has 19 heavy (non-hydrogen) atoms. The Morgan fingerprint density at radius 2 is 1.58 bits per heavy atom. The highest BCUT2D eigenvalue weighted by Gasteiger charge is 2.38. The van der Waals surface area contributed by atoms with Gasteiger partial charge in [-0.05, 0) is 61.3 Å². The van der Waals surface area contributed by atoms with Crippen molar-refractivity contribution in [1.29, 1.82) is 0 Å². The molecule has 2 saturated carbocycles. The highest BCUT2D eigenvalue weighted by Crippen LogP contribution is 2.45. The molecule has 2 aliphatic rings. The van der Waals surface area contributed by atoms with E-state index >= 15 is 0 Å². The Bertz CT molecular complexity index is 282. The summed E-state index contributed by atoms with van der Waals surface area (Å²) in [6, 6.07) is 0.665. The predicted octanol–water partition coefficient (Wildman–Crippen LogP) is 3.59. The molecule has 2 nitrogen and oxygen atoms in total. The minimum Gasteiger partial charge on any atom is -0.396 e. The van der Waals surface area contributed by atoms with E-state index in [2.05, 4.69) is 33.0 Å². The third kappa shape index (κ3) is 4.19. The standard InChI is InChI=1S/C17H33NO/c1-16(2)8-15(9-17(3,4)12-16)18-10-13-6-5-7-14(13)11-19/h13-15,18-19H,5-12H2,1-4H3. The highest BCUT2D eigenvalue weighted by atomic mass is 16.3. The average molecular weight is 267 g/mol. The first-order chi connectivity index (χ1) is 8.81. The summed E-state index contributed by atoms with van der Waals surface area (Å²) < 4.78 is 0. The Hall–Kier alpha value is -0.0800. The lowest BCUT2D eigenvalue weighted by Crippen LogP contribution is -2.45. The van der Waals surface area contributed by atoms with Crippen LogP contribution in [-0.4, -0.2) is 24.3 Å². The molecule has 0 aromatic carbocycles. The van der Waals surface area contributed by atoms with E-state index in [9.17, 15) is 5.11 Å². The summed E-state index contributed by atoms with van der Waals surface area (Å²) in [4.78, 5) is 0. The first-order valence-electron chi connectivity index (χ1n) is 8.16. The van der Waals surface area contributed by atoms with Crippen LogP contribution in [0, 0.1) is 22.7 Å². The van der Waals surface area contributed by atoms with Crippen LogP contribution in [0.15, 0.2) is 0 Å². The fourth-order valence-corrected chi connectivity index (χ4v) is 4.93. The monoisotopic (exact) mass is 267 g/mol. The molecule has 2 aliphatic carbocycles. The molecule has 112 valence electrons. The van der Waals surface area contributed by atoms with Crippen molar-refractivity contribution in [3.63, 3.8) is 0 Å². The van der Waals surface area contributed by atoms with E-state index in [0.717, 1.165) is 6.54 Å². The molecule has 2 fully saturated rings. The van der Waals surface area contributed by atoms with Crippen LogP contribution in [0.5, 0.6) is 0 Å². The van der Waals surface area contributed by atoms with Gasteiger partial charge in [-0.1, -0.05) is 34.1 Å². The first-order valence-corrected chi connectivity index (χ1v) is 8.16. The van der Waals surface area contributed by atoms with E-state index in [1.165, 1.54) is 38.5 Å². The Balaban J connectivity index is 1.85. The number of hydrogen-bond donors (Lipinski definition) is 2. The number of hydrogen-bond acceptors (Lipinski definition) is 2. The lowest BCUT2D eigenvalue weighted by molar-refractivity contribution is 0.0811. The molecule has 2 unspecified atom stereocenters. The summed E-state index contributed by atoms with van der Waals surface area (Å²) in [5, 5.41) is 13.2. The minimum absolute atomic E-state index is 0.383. The zero-order valence-electron chi connectivity index (χ0n) is 13.3. The molecular formula is C17H33NO. The van der Waals surface area contributed by atoms with Crippen LogP contribution in [0.4, 0.5) is 0 Å². The SMILES string of the molecule is CC1(C)CC(NCC2CCCC2CO)CC(C)(C)C1. The van der Waals surface area contributed by atoms with Gasteiger partial charge in [0.25, 0.3) is 0 Å². The first kappa shape index (κ1) is 15.3. The van der Waals surface area contributed by atoms with Crippen LogP contribution in [-0.2, 0) is 0 Å². The summed E-state index contributed by atoms with van der Waals surface area (Å²) in [6.45, 7) is 11.1. The molecule has 0 bridgehead atoms. The second-order valence-electron chi connectivity index (χ2n) is 8.65. The van der Waals surface area contributed by atoms with Gasteiger partial charge in [-0.25, -0.2) is 0 Å². The second kappa shape index (κ2) is 5.73. The fourth-order valence-electron chi connectivity index (χ4n) is 4.93. The molecule has 0 spiro atoms.